The molecule has 8 nitrogen and oxygen atoms in total. The third-order valence-corrected chi connectivity index (χ3v) is 5.73. The number of hydrogen-bond acceptors (Lipinski definition) is 5. The van der Waals surface area contributed by atoms with Crippen molar-refractivity contribution >= 4 is 17.7 Å². The number of nitrogens with zero attached hydrogens (tertiary/aromatic N) is 1. The number of carbonyl (C=O) groups excluding carboxylic acids is 2. The second-order valence-corrected chi connectivity index (χ2v) is 8.81. The molecule has 3 N–H and O–H groups in total. The quantitative estimate of drug-likeness (QED) is 0.262. The summed E-state index contributed by atoms with van der Waals surface area (Å²) in [6.45, 7) is 1.90. The number of Topliss-reactive ketones (excluding diaryl/α,β-unsaturated/α-hetero) is 1. The molecular weight excluding hydrogens is 489 g/mol. The average molecular weight is 516 g/mol. The molecule has 0 saturated carbocycles. The highest BCUT2D eigenvalue weighted by Crippen LogP contribution is 2.26. The Morgan fingerprint density at radius 1 is 1.00 bits per heavy atom. The van der Waals surface area contributed by atoms with E-state index in [1.165, 1.54) is 12.3 Å². The lowest BCUT2D eigenvalue weighted by molar-refractivity contribution is -0.136. The first-order valence-corrected chi connectivity index (χ1v) is 11.9. The third kappa shape index (κ3) is 7.13. The molecule has 194 valence electrons. The van der Waals surface area contributed by atoms with Crippen molar-refractivity contribution < 1.29 is 28.6 Å². The summed E-state index contributed by atoms with van der Waals surface area (Å²) in [6, 6.07) is 16.9. The number of pyridine rings is 1. The molecule has 0 atom stereocenters. The zero-order chi connectivity index (χ0) is 27.1. The predicted molar refractivity (Wildman–Crippen MR) is 139 cm³/mol. The zero-order valence-corrected chi connectivity index (χ0v) is 20.7. The minimum Gasteiger partial charge on any atom is -0.481 e. The van der Waals surface area contributed by atoms with Gasteiger partial charge in [-0.3, -0.25) is 19.4 Å². The van der Waals surface area contributed by atoms with Crippen molar-refractivity contribution in [1.29, 1.82) is 0 Å². The van der Waals surface area contributed by atoms with E-state index in [-0.39, 0.29) is 43.3 Å². The average Bonchev–Trinajstić information content (AvgIpc) is 3.38. The molecule has 2 heterocycles. The van der Waals surface area contributed by atoms with Gasteiger partial charge in [-0.05, 0) is 48.4 Å². The summed E-state index contributed by atoms with van der Waals surface area (Å²) < 4.78 is 19.9. The summed E-state index contributed by atoms with van der Waals surface area (Å²) >= 11 is 0. The number of carboxylic acids is 1. The number of nitrogens with one attached hydrogen (secondary N) is 2. The molecule has 0 aliphatic heterocycles. The molecule has 2 aromatic carbocycles. The maximum absolute atomic E-state index is 14.0. The number of aromatic amines is 1. The van der Waals surface area contributed by atoms with Gasteiger partial charge < -0.3 is 20.1 Å². The summed E-state index contributed by atoms with van der Waals surface area (Å²) in [5.74, 6) is -0.742. The van der Waals surface area contributed by atoms with Crippen LogP contribution in [-0.4, -0.2) is 39.3 Å². The monoisotopic (exact) mass is 515 g/mol. The fraction of sp³-hybridized carbons (Fsp3) is 0.172. The lowest BCUT2D eigenvalue weighted by Crippen LogP contribution is -2.25. The number of hydrogen-bond donors (Lipinski definition) is 3. The first-order valence-electron chi connectivity index (χ1n) is 11.9. The van der Waals surface area contributed by atoms with Crippen LogP contribution < -0.4 is 10.1 Å². The highest BCUT2D eigenvalue weighted by molar-refractivity contribution is 5.95. The molecule has 9 heteroatoms. The molecule has 0 radical (unpaired) electrons. The normalized spacial score (nSPS) is 10.7. The van der Waals surface area contributed by atoms with Gasteiger partial charge in [-0.25, -0.2) is 4.39 Å². The first-order chi connectivity index (χ1) is 18.3. The Morgan fingerprint density at radius 2 is 1.79 bits per heavy atom. The van der Waals surface area contributed by atoms with Gasteiger partial charge in [0.2, 0.25) is 0 Å². The van der Waals surface area contributed by atoms with Crippen molar-refractivity contribution in [3.05, 3.63) is 101 Å². The molecule has 4 rings (SSSR count). The smallest absolute Gasteiger partial charge is 0.305 e. The number of aliphatic carboxylic acids is 1. The van der Waals surface area contributed by atoms with Gasteiger partial charge in [-0.15, -0.1) is 0 Å². The Labute approximate surface area is 218 Å². The second kappa shape index (κ2) is 12.0. The van der Waals surface area contributed by atoms with Crippen LogP contribution in [-0.2, 0) is 22.4 Å². The van der Waals surface area contributed by atoms with E-state index in [1.807, 2.05) is 6.92 Å². The van der Waals surface area contributed by atoms with E-state index in [4.69, 9.17) is 9.84 Å². The minimum atomic E-state index is -0.987. The Hall–Kier alpha value is -4.79. The Balaban J connectivity index is 1.35. The van der Waals surface area contributed by atoms with E-state index in [1.54, 1.807) is 60.8 Å². The van der Waals surface area contributed by atoms with Gasteiger partial charge >= 0.3 is 5.97 Å². The first kappa shape index (κ1) is 26.3. The summed E-state index contributed by atoms with van der Waals surface area (Å²) in [4.78, 5) is 42.6. The maximum Gasteiger partial charge on any atom is 0.305 e. The van der Waals surface area contributed by atoms with E-state index in [0.717, 1.165) is 11.1 Å². The standard InChI is InChI=1S/C29H26FN3O5/c1-18-2-7-25(30)20(12-18)14-22(34)13-19-3-5-23(6-4-19)38-24-8-10-31-27(16-24)26-15-21(17-33-26)29(37)32-11-9-28(35)36/h2-8,10,12,15-17,33H,9,11,13-14H2,1H3,(H,32,37)(H,35,36). The Morgan fingerprint density at radius 3 is 2.55 bits per heavy atom. The van der Waals surface area contributed by atoms with E-state index in [2.05, 4.69) is 15.3 Å². The van der Waals surface area contributed by atoms with E-state index < -0.39 is 5.97 Å². The van der Waals surface area contributed by atoms with Crippen LogP contribution in [0.4, 0.5) is 4.39 Å². The number of rotatable bonds is 11. The number of amides is 1. The second-order valence-electron chi connectivity index (χ2n) is 8.81. The molecule has 2 aromatic heterocycles. The Bertz CT molecular complexity index is 1460. The van der Waals surface area contributed by atoms with Crippen molar-refractivity contribution in [2.45, 2.75) is 26.2 Å². The number of carboxylic acid groups (broad SMARTS) is 1. The fourth-order valence-electron chi connectivity index (χ4n) is 3.83. The number of carbonyl (C=O) groups is 3. The van der Waals surface area contributed by atoms with Crippen LogP contribution in [0, 0.1) is 12.7 Å². The van der Waals surface area contributed by atoms with Gasteiger partial charge in [0.1, 0.15) is 23.1 Å². The molecule has 0 unspecified atom stereocenters. The molecule has 0 spiro atoms. The molecule has 0 aliphatic carbocycles. The molecule has 4 aromatic rings. The van der Waals surface area contributed by atoms with E-state index in [9.17, 15) is 18.8 Å². The SMILES string of the molecule is Cc1ccc(F)c(CC(=O)Cc2ccc(Oc3ccnc(-c4cc(C(=O)NCCC(=O)O)c[nH]4)c3)cc2)c1. The van der Waals surface area contributed by atoms with Crippen LogP contribution in [0.2, 0.25) is 0 Å². The van der Waals surface area contributed by atoms with Gasteiger partial charge in [0.25, 0.3) is 5.91 Å². The van der Waals surface area contributed by atoms with Crippen molar-refractivity contribution in [2.75, 3.05) is 6.54 Å². The maximum atomic E-state index is 14.0. The van der Waals surface area contributed by atoms with Crippen LogP contribution in [0.5, 0.6) is 11.5 Å². The summed E-state index contributed by atoms with van der Waals surface area (Å²) in [5, 5.41) is 11.2. The number of H-pyrrole nitrogens is 1. The zero-order valence-electron chi connectivity index (χ0n) is 20.7. The van der Waals surface area contributed by atoms with Gasteiger partial charge in [0, 0.05) is 37.8 Å². The van der Waals surface area contributed by atoms with Crippen LogP contribution in [0.25, 0.3) is 11.4 Å². The molecule has 0 bridgehead atoms. The van der Waals surface area contributed by atoms with Gasteiger partial charge in [0.15, 0.2) is 0 Å². The van der Waals surface area contributed by atoms with Crippen LogP contribution in [0.15, 0.2) is 73.1 Å². The minimum absolute atomic E-state index is 0.0362. The van der Waals surface area contributed by atoms with Crippen LogP contribution >= 0.6 is 0 Å². The topological polar surface area (TPSA) is 121 Å². The number of aromatic nitrogens is 2. The number of ether oxygens (including phenoxy) is 1. The van der Waals surface area contributed by atoms with E-state index >= 15 is 0 Å². The molecule has 0 saturated heterocycles. The van der Waals surface area contributed by atoms with Crippen LogP contribution in [0.3, 0.4) is 0 Å². The summed E-state index contributed by atoms with van der Waals surface area (Å²) in [5.41, 5.74) is 3.61. The highest BCUT2D eigenvalue weighted by Gasteiger charge is 2.12. The Kier molecular flexibility index (Phi) is 8.27. The van der Waals surface area contributed by atoms with Crippen molar-refractivity contribution in [2.24, 2.45) is 0 Å². The molecule has 38 heavy (non-hydrogen) atoms. The third-order valence-electron chi connectivity index (χ3n) is 5.73. The lowest BCUT2D eigenvalue weighted by atomic mass is 10.0. The largest absolute Gasteiger partial charge is 0.481 e. The summed E-state index contributed by atoms with van der Waals surface area (Å²) in [7, 11) is 0. The fourth-order valence-corrected chi connectivity index (χ4v) is 3.83. The number of ketones is 1. The number of halogens is 1. The molecule has 1 amide bonds. The van der Waals surface area contributed by atoms with Gasteiger partial charge in [0.05, 0.1) is 23.4 Å². The highest BCUT2D eigenvalue weighted by atomic mass is 19.1. The van der Waals surface area contributed by atoms with Crippen molar-refractivity contribution in [3.8, 4) is 22.9 Å². The number of benzene rings is 2. The number of aryl methyl sites for hydroxylation is 1. The molecular formula is C29H26FN3O5. The summed E-state index contributed by atoms with van der Waals surface area (Å²) in [6.07, 6.45) is 3.17. The molecule has 0 fully saturated rings. The van der Waals surface area contributed by atoms with Crippen molar-refractivity contribution in [1.82, 2.24) is 15.3 Å². The predicted octanol–water partition coefficient (Wildman–Crippen LogP) is 4.88. The van der Waals surface area contributed by atoms with Crippen LogP contribution in [0.1, 0.15) is 33.5 Å². The molecule has 0 aliphatic rings. The lowest BCUT2D eigenvalue weighted by Gasteiger charge is -2.08. The van der Waals surface area contributed by atoms with Crippen molar-refractivity contribution in [3.63, 3.8) is 0 Å². The van der Waals surface area contributed by atoms with Gasteiger partial charge in [-0.2, -0.15) is 0 Å². The van der Waals surface area contributed by atoms with E-state index in [0.29, 0.717) is 34.0 Å². The van der Waals surface area contributed by atoms with Gasteiger partial charge in [-0.1, -0.05) is 29.8 Å².